The van der Waals surface area contributed by atoms with Gasteiger partial charge in [0.15, 0.2) is 5.82 Å². The standard InChI is InChI=1S/C11H9BrN4O/c1-7-15-11(17-16-7)6-14-10-4-2-3-9(12)8(10)5-13/h2-4,14H,6H2,1H3. The zero-order valence-corrected chi connectivity index (χ0v) is 10.7. The van der Waals surface area contributed by atoms with Gasteiger partial charge < -0.3 is 9.84 Å². The summed E-state index contributed by atoms with van der Waals surface area (Å²) in [5, 5.41) is 15.8. The van der Waals surface area contributed by atoms with Gasteiger partial charge in [-0.25, -0.2) is 0 Å². The van der Waals surface area contributed by atoms with Crippen LogP contribution >= 0.6 is 15.9 Å². The van der Waals surface area contributed by atoms with Crippen molar-refractivity contribution in [1.29, 1.82) is 5.26 Å². The van der Waals surface area contributed by atoms with E-state index in [1.165, 1.54) is 0 Å². The van der Waals surface area contributed by atoms with Crippen molar-refractivity contribution in [2.75, 3.05) is 5.32 Å². The topological polar surface area (TPSA) is 74.7 Å². The Labute approximate surface area is 107 Å². The first-order valence-corrected chi connectivity index (χ1v) is 5.71. The van der Waals surface area contributed by atoms with Crippen molar-refractivity contribution in [2.24, 2.45) is 0 Å². The summed E-state index contributed by atoms with van der Waals surface area (Å²) in [5.41, 5.74) is 1.29. The second-order valence-electron chi connectivity index (χ2n) is 3.36. The lowest BCUT2D eigenvalue weighted by atomic mass is 10.2. The smallest absolute Gasteiger partial charge is 0.245 e. The minimum absolute atomic E-state index is 0.395. The van der Waals surface area contributed by atoms with Crippen LogP contribution in [0.1, 0.15) is 17.3 Å². The van der Waals surface area contributed by atoms with Gasteiger partial charge >= 0.3 is 0 Å². The van der Waals surface area contributed by atoms with E-state index in [4.69, 9.17) is 9.78 Å². The molecular weight excluding hydrogens is 284 g/mol. The predicted octanol–water partition coefficient (Wildman–Crippen LogP) is 2.62. The van der Waals surface area contributed by atoms with Crippen LogP contribution in [0, 0.1) is 18.3 Å². The summed E-state index contributed by atoms with van der Waals surface area (Å²) in [7, 11) is 0. The number of hydrogen-bond acceptors (Lipinski definition) is 5. The Balaban J connectivity index is 2.14. The van der Waals surface area contributed by atoms with Gasteiger partial charge in [-0.05, 0) is 35.0 Å². The summed E-state index contributed by atoms with van der Waals surface area (Å²) in [6.07, 6.45) is 0. The number of anilines is 1. The first kappa shape index (κ1) is 11.6. The Hall–Kier alpha value is -1.87. The molecule has 0 bridgehead atoms. The molecule has 0 radical (unpaired) electrons. The highest BCUT2D eigenvalue weighted by molar-refractivity contribution is 9.10. The van der Waals surface area contributed by atoms with Crippen LogP contribution in [-0.2, 0) is 6.54 Å². The van der Waals surface area contributed by atoms with Crippen LogP contribution in [0.15, 0.2) is 27.2 Å². The van der Waals surface area contributed by atoms with Crippen molar-refractivity contribution in [3.8, 4) is 6.07 Å². The molecule has 0 saturated carbocycles. The highest BCUT2D eigenvalue weighted by atomic mass is 79.9. The number of halogens is 1. The maximum atomic E-state index is 9.03. The molecule has 86 valence electrons. The van der Waals surface area contributed by atoms with Crippen molar-refractivity contribution in [3.63, 3.8) is 0 Å². The normalized spacial score (nSPS) is 9.94. The summed E-state index contributed by atoms with van der Waals surface area (Å²) in [6.45, 7) is 2.15. The third-order valence-corrected chi connectivity index (χ3v) is 2.79. The minimum Gasteiger partial charge on any atom is -0.375 e. The molecule has 6 heteroatoms. The summed E-state index contributed by atoms with van der Waals surface area (Å²) < 4.78 is 5.73. The van der Waals surface area contributed by atoms with E-state index in [0.717, 1.165) is 10.2 Å². The fourth-order valence-electron chi connectivity index (χ4n) is 1.37. The molecular formula is C11H9BrN4O. The highest BCUT2D eigenvalue weighted by Crippen LogP contribution is 2.24. The van der Waals surface area contributed by atoms with E-state index in [2.05, 4.69) is 37.5 Å². The molecule has 1 N–H and O–H groups in total. The molecule has 17 heavy (non-hydrogen) atoms. The average Bonchev–Trinajstić information content (AvgIpc) is 2.72. The Kier molecular flexibility index (Phi) is 3.40. The van der Waals surface area contributed by atoms with Gasteiger partial charge in [0.05, 0.1) is 17.8 Å². The molecule has 2 rings (SSSR count). The van der Waals surface area contributed by atoms with Gasteiger partial charge in [0.1, 0.15) is 6.07 Å². The SMILES string of the molecule is Cc1noc(CNc2cccc(Br)c2C#N)n1. The fourth-order valence-corrected chi connectivity index (χ4v) is 1.82. The van der Waals surface area contributed by atoms with Crippen molar-refractivity contribution in [2.45, 2.75) is 13.5 Å². The predicted molar refractivity (Wildman–Crippen MR) is 65.2 cm³/mol. The monoisotopic (exact) mass is 292 g/mol. The number of benzene rings is 1. The van der Waals surface area contributed by atoms with E-state index >= 15 is 0 Å². The van der Waals surface area contributed by atoms with Gasteiger partial charge in [0, 0.05) is 4.47 Å². The van der Waals surface area contributed by atoms with Gasteiger partial charge in [-0.1, -0.05) is 11.2 Å². The molecule has 5 nitrogen and oxygen atoms in total. The summed E-state index contributed by atoms with van der Waals surface area (Å²) >= 11 is 3.32. The van der Waals surface area contributed by atoms with Crippen molar-refractivity contribution < 1.29 is 4.52 Å². The molecule has 2 aromatic rings. The van der Waals surface area contributed by atoms with Crippen molar-refractivity contribution >= 4 is 21.6 Å². The zero-order valence-electron chi connectivity index (χ0n) is 9.07. The Morgan fingerprint density at radius 3 is 3.00 bits per heavy atom. The number of aryl methyl sites for hydroxylation is 1. The third-order valence-electron chi connectivity index (χ3n) is 2.13. The second-order valence-corrected chi connectivity index (χ2v) is 4.22. The number of aromatic nitrogens is 2. The van der Waals surface area contributed by atoms with Crippen LogP contribution in [-0.4, -0.2) is 10.1 Å². The molecule has 0 aliphatic rings. The van der Waals surface area contributed by atoms with E-state index in [0.29, 0.717) is 23.8 Å². The number of hydrogen-bond donors (Lipinski definition) is 1. The van der Waals surface area contributed by atoms with Gasteiger partial charge in [-0.3, -0.25) is 0 Å². The zero-order chi connectivity index (χ0) is 12.3. The number of rotatable bonds is 3. The number of nitrogens with one attached hydrogen (secondary N) is 1. The maximum Gasteiger partial charge on any atom is 0.245 e. The molecule has 1 aromatic carbocycles. The third kappa shape index (κ3) is 2.63. The summed E-state index contributed by atoms with van der Waals surface area (Å²) in [4.78, 5) is 4.07. The van der Waals surface area contributed by atoms with Crippen LogP contribution in [0.4, 0.5) is 5.69 Å². The van der Waals surface area contributed by atoms with Crippen LogP contribution < -0.4 is 5.32 Å². The van der Waals surface area contributed by atoms with E-state index in [-0.39, 0.29) is 0 Å². The van der Waals surface area contributed by atoms with Crippen molar-refractivity contribution in [1.82, 2.24) is 10.1 Å². The van der Waals surface area contributed by atoms with E-state index < -0.39 is 0 Å². The van der Waals surface area contributed by atoms with E-state index in [1.807, 2.05) is 18.2 Å². The minimum atomic E-state index is 0.395. The van der Waals surface area contributed by atoms with Crippen molar-refractivity contribution in [3.05, 3.63) is 40.0 Å². The molecule has 0 atom stereocenters. The lowest BCUT2D eigenvalue weighted by molar-refractivity contribution is 0.379. The summed E-state index contributed by atoms with van der Waals surface area (Å²) in [5.74, 6) is 1.09. The largest absolute Gasteiger partial charge is 0.375 e. The molecule has 1 aromatic heterocycles. The number of nitrogens with zero attached hydrogens (tertiary/aromatic N) is 3. The first-order valence-electron chi connectivity index (χ1n) is 4.92. The van der Waals surface area contributed by atoms with Gasteiger partial charge in [-0.2, -0.15) is 10.2 Å². The average molecular weight is 293 g/mol. The van der Waals surface area contributed by atoms with E-state index in [1.54, 1.807) is 6.92 Å². The Morgan fingerprint density at radius 2 is 2.35 bits per heavy atom. The van der Waals surface area contributed by atoms with E-state index in [9.17, 15) is 0 Å². The fraction of sp³-hybridized carbons (Fsp3) is 0.182. The first-order chi connectivity index (χ1) is 8.20. The van der Waals surface area contributed by atoms with Crippen LogP contribution in [0.3, 0.4) is 0 Å². The lowest BCUT2D eigenvalue weighted by Crippen LogP contribution is -2.01. The molecule has 0 saturated heterocycles. The molecule has 0 fully saturated rings. The molecule has 0 aliphatic heterocycles. The summed E-state index contributed by atoms with van der Waals surface area (Å²) in [6, 6.07) is 7.63. The molecule has 0 unspecified atom stereocenters. The lowest BCUT2D eigenvalue weighted by Gasteiger charge is -2.06. The second kappa shape index (κ2) is 4.97. The molecule has 0 spiro atoms. The molecule has 0 aliphatic carbocycles. The van der Waals surface area contributed by atoms with Gasteiger partial charge in [0.25, 0.3) is 0 Å². The Bertz CT molecular complexity index is 573. The maximum absolute atomic E-state index is 9.03. The van der Waals surface area contributed by atoms with Crippen LogP contribution in [0.2, 0.25) is 0 Å². The quantitative estimate of drug-likeness (QED) is 0.941. The molecule has 0 amide bonds. The van der Waals surface area contributed by atoms with Crippen LogP contribution in [0.5, 0.6) is 0 Å². The highest BCUT2D eigenvalue weighted by Gasteiger charge is 2.07. The Morgan fingerprint density at radius 1 is 1.53 bits per heavy atom. The van der Waals surface area contributed by atoms with Gasteiger partial charge in [-0.15, -0.1) is 0 Å². The number of nitriles is 1. The van der Waals surface area contributed by atoms with Crippen LogP contribution in [0.25, 0.3) is 0 Å². The van der Waals surface area contributed by atoms with Gasteiger partial charge in [0.2, 0.25) is 5.89 Å². The molecule has 1 heterocycles.